The maximum Gasteiger partial charge on any atom is 0.269 e. The summed E-state index contributed by atoms with van der Waals surface area (Å²) in [6.07, 6.45) is 0.0956. The van der Waals surface area contributed by atoms with Crippen molar-refractivity contribution in [2.24, 2.45) is 0 Å². The highest BCUT2D eigenvalue weighted by molar-refractivity contribution is 7.92. The number of nitrogens with one attached hydrogen (secondary N) is 3. The van der Waals surface area contributed by atoms with Gasteiger partial charge in [-0.05, 0) is 35.9 Å². The van der Waals surface area contributed by atoms with Gasteiger partial charge in [0.05, 0.1) is 24.1 Å². The highest BCUT2D eigenvalue weighted by Gasteiger charge is 2.18. The van der Waals surface area contributed by atoms with Crippen LogP contribution in [0.1, 0.15) is 15.9 Å². The Balaban J connectivity index is 1.67. The van der Waals surface area contributed by atoms with Gasteiger partial charge in [0, 0.05) is 5.56 Å². The normalized spacial score (nSPS) is 10.7. The lowest BCUT2D eigenvalue weighted by Gasteiger charge is -2.12. The molecule has 0 aliphatic heterocycles. The zero-order valence-corrected chi connectivity index (χ0v) is 17.5. The number of carbonyl (C=O) groups is 2. The molecule has 2 amide bonds. The van der Waals surface area contributed by atoms with Gasteiger partial charge >= 0.3 is 0 Å². The molecule has 3 rings (SSSR count). The molecule has 3 aromatic rings. The third kappa shape index (κ3) is 5.83. The smallest absolute Gasteiger partial charge is 0.269 e. The largest absolute Gasteiger partial charge is 0.495 e. The van der Waals surface area contributed by atoms with Gasteiger partial charge in [0.25, 0.3) is 15.9 Å². The van der Waals surface area contributed by atoms with Crippen LogP contribution in [0.3, 0.4) is 0 Å². The number of hydrogen-bond acceptors (Lipinski definition) is 5. The molecule has 9 heteroatoms. The van der Waals surface area contributed by atoms with Crippen LogP contribution in [0.2, 0.25) is 0 Å². The van der Waals surface area contributed by atoms with Gasteiger partial charge in [0.15, 0.2) is 0 Å². The molecule has 0 atom stereocenters. The third-order valence-electron chi connectivity index (χ3n) is 4.28. The van der Waals surface area contributed by atoms with Crippen LogP contribution in [0.4, 0.5) is 5.69 Å². The molecule has 0 bridgehead atoms. The summed E-state index contributed by atoms with van der Waals surface area (Å²) in [6.45, 7) is 0. The van der Waals surface area contributed by atoms with Gasteiger partial charge in [-0.3, -0.25) is 25.2 Å². The number of benzene rings is 3. The quantitative estimate of drug-likeness (QED) is 0.490. The Morgan fingerprint density at radius 2 is 1.58 bits per heavy atom. The molecule has 0 spiro atoms. The lowest BCUT2D eigenvalue weighted by Crippen LogP contribution is -2.42. The molecule has 0 saturated carbocycles. The summed E-state index contributed by atoms with van der Waals surface area (Å²) in [6, 6.07) is 21.1. The number of carbonyl (C=O) groups excluding carboxylic acids is 2. The van der Waals surface area contributed by atoms with Crippen LogP contribution >= 0.6 is 0 Å². The summed E-state index contributed by atoms with van der Waals surface area (Å²) in [4.78, 5) is 24.3. The maximum atomic E-state index is 12.7. The summed E-state index contributed by atoms with van der Waals surface area (Å²) in [5.74, 6) is -0.682. The molecule has 8 nitrogen and oxygen atoms in total. The van der Waals surface area contributed by atoms with E-state index in [-0.39, 0.29) is 22.6 Å². The second kappa shape index (κ2) is 9.77. The standard InChI is InChI=1S/C22H21N3O5S/c1-30-20-13-6-5-12-19(20)25-31(28,29)18-11-7-10-17(15-18)22(27)24-23-21(26)14-16-8-3-2-4-9-16/h2-13,15,25H,14H2,1H3,(H,23,26)(H,24,27). The fraction of sp³-hybridized carbons (Fsp3) is 0.0909. The lowest BCUT2D eigenvalue weighted by molar-refractivity contribution is -0.121. The molecule has 160 valence electrons. The minimum atomic E-state index is -3.97. The molecular weight excluding hydrogens is 418 g/mol. The Hall–Kier alpha value is -3.85. The summed E-state index contributed by atoms with van der Waals surface area (Å²) in [5, 5.41) is 0. The second-order valence-electron chi connectivity index (χ2n) is 6.50. The summed E-state index contributed by atoms with van der Waals surface area (Å²) >= 11 is 0. The van der Waals surface area contributed by atoms with E-state index in [9.17, 15) is 18.0 Å². The first kappa shape index (κ1) is 21.8. The molecule has 3 aromatic carbocycles. The number of amides is 2. The second-order valence-corrected chi connectivity index (χ2v) is 8.18. The maximum absolute atomic E-state index is 12.7. The number of para-hydroxylation sites is 2. The first-order valence-corrected chi connectivity index (χ1v) is 10.8. The van der Waals surface area contributed by atoms with E-state index in [1.54, 1.807) is 36.4 Å². The van der Waals surface area contributed by atoms with E-state index in [1.807, 2.05) is 18.2 Å². The van der Waals surface area contributed by atoms with Crippen LogP contribution in [0, 0.1) is 0 Å². The number of rotatable bonds is 7. The molecular formula is C22H21N3O5S. The SMILES string of the molecule is COc1ccccc1NS(=O)(=O)c1cccc(C(=O)NNC(=O)Cc2ccccc2)c1. The Kier molecular flexibility index (Phi) is 6.88. The predicted molar refractivity (Wildman–Crippen MR) is 116 cm³/mol. The van der Waals surface area contributed by atoms with E-state index in [2.05, 4.69) is 15.6 Å². The summed E-state index contributed by atoms with van der Waals surface area (Å²) in [7, 11) is -2.54. The fourth-order valence-electron chi connectivity index (χ4n) is 2.76. The average molecular weight is 439 g/mol. The molecule has 0 saturated heterocycles. The molecule has 0 radical (unpaired) electrons. The van der Waals surface area contributed by atoms with E-state index < -0.39 is 21.8 Å². The van der Waals surface area contributed by atoms with Crippen LogP contribution in [-0.2, 0) is 21.2 Å². The number of sulfonamides is 1. The lowest BCUT2D eigenvalue weighted by atomic mass is 10.1. The number of ether oxygens (including phenoxy) is 1. The highest BCUT2D eigenvalue weighted by Crippen LogP contribution is 2.26. The van der Waals surface area contributed by atoms with E-state index in [0.29, 0.717) is 5.75 Å². The van der Waals surface area contributed by atoms with Crippen molar-refractivity contribution in [3.63, 3.8) is 0 Å². The highest BCUT2D eigenvalue weighted by atomic mass is 32.2. The average Bonchev–Trinajstić information content (AvgIpc) is 2.78. The molecule has 0 aliphatic rings. The Morgan fingerprint density at radius 3 is 2.32 bits per heavy atom. The summed E-state index contributed by atoms with van der Waals surface area (Å²) in [5.41, 5.74) is 5.75. The van der Waals surface area contributed by atoms with Crippen molar-refractivity contribution in [1.29, 1.82) is 0 Å². The monoisotopic (exact) mass is 439 g/mol. The molecule has 0 fully saturated rings. The number of hydrazine groups is 1. The Morgan fingerprint density at radius 1 is 0.871 bits per heavy atom. The van der Waals surface area contributed by atoms with Gasteiger partial charge in [-0.15, -0.1) is 0 Å². The van der Waals surface area contributed by atoms with Crippen molar-refractivity contribution >= 4 is 27.5 Å². The van der Waals surface area contributed by atoms with Gasteiger partial charge in [-0.1, -0.05) is 48.5 Å². The van der Waals surface area contributed by atoms with Crippen LogP contribution in [0.5, 0.6) is 5.75 Å². The minimum absolute atomic E-state index is 0.0721. The number of anilines is 1. The zero-order chi connectivity index (χ0) is 22.3. The van der Waals surface area contributed by atoms with Crippen LogP contribution in [0.25, 0.3) is 0 Å². The first-order chi connectivity index (χ1) is 14.9. The van der Waals surface area contributed by atoms with Crippen molar-refractivity contribution in [2.75, 3.05) is 11.8 Å². The Bertz CT molecular complexity index is 1180. The van der Waals surface area contributed by atoms with E-state index >= 15 is 0 Å². The predicted octanol–water partition coefficient (Wildman–Crippen LogP) is 2.50. The van der Waals surface area contributed by atoms with Crippen LogP contribution in [-0.4, -0.2) is 27.3 Å². The molecule has 0 aliphatic carbocycles. The van der Waals surface area contributed by atoms with E-state index in [4.69, 9.17) is 4.74 Å². The van der Waals surface area contributed by atoms with Crippen molar-refractivity contribution in [3.8, 4) is 5.75 Å². The van der Waals surface area contributed by atoms with Crippen LogP contribution in [0.15, 0.2) is 83.8 Å². The van der Waals surface area contributed by atoms with Crippen LogP contribution < -0.4 is 20.3 Å². The molecule has 31 heavy (non-hydrogen) atoms. The van der Waals surface area contributed by atoms with Gasteiger partial charge < -0.3 is 4.74 Å². The number of methoxy groups -OCH3 is 1. The van der Waals surface area contributed by atoms with Crippen molar-refractivity contribution < 1.29 is 22.7 Å². The fourth-order valence-corrected chi connectivity index (χ4v) is 3.88. The third-order valence-corrected chi connectivity index (χ3v) is 5.64. The Labute approximate surface area is 180 Å². The van der Waals surface area contributed by atoms with Crippen molar-refractivity contribution in [1.82, 2.24) is 10.9 Å². The molecule has 0 unspecified atom stereocenters. The zero-order valence-electron chi connectivity index (χ0n) is 16.7. The first-order valence-electron chi connectivity index (χ1n) is 9.28. The molecule has 0 heterocycles. The molecule has 0 aromatic heterocycles. The van der Waals surface area contributed by atoms with E-state index in [0.717, 1.165) is 5.56 Å². The van der Waals surface area contributed by atoms with Crippen molar-refractivity contribution in [2.45, 2.75) is 11.3 Å². The van der Waals surface area contributed by atoms with Crippen molar-refractivity contribution in [3.05, 3.63) is 90.0 Å². The molecule has 3 N–H and O–H groups in total. The van der Waals surface area contributed by atoms with Gasteiger partial charge in [-0.2, -0.15) is 0 Å². The topological polar surface area (TPSA) is 114 Å². The summed E-state index contributed by atoms with van der Waals surface area (Å²) < 4.78 is 33.1. The van der Waals surface area contributed by atoms with Gasteiger partial charge in [-0.25, -0.2) is 8.42 Å². The minimum Gasteiger partial charge on any atom is -0.495 e. The van der Waals surface area contributed by atoms with E-state index in [1.165, 1.54) is 31.4 Å². The number of hydrogen-bond donors (Lipinski definition) is 3. The van der Waals surface area contributed by atoms with Gasteiger partial charge in [0.1, 0.15) is 5.75 Å². The van der Waals surface area contributed by atoms with Gasteiger partial charge in [0.2, 0.25) is 5.91 Å².